The summed E-state index contributed by atoms with van der Waals surface area (Å²) in [6.45, 7) is 7.24. The third kappa shape index (κ3) is 3.36. The highest BCUT2D eigenvalue weighted by atomic mass is 19.1. The minimum Gasteiger partial charge on any atom is -0.445 e. The number of aromatic amines is 1. The number of benzene rings is 1. The molecule has 0 spiro atoms. The number of carbonyl (C=O) groups is 1. The third-order valence-corrected chi connectivity index (χ3v) is 5.23. The molecule has 3 heterocycles. The van der Waals surface area contributed by atoms with Crippen molar-refractivity contribution in [2.24, 2.45) is 5.92 Å². The molecule has 0 saturated carbocycles. The second kappa shape index (κ2) is 6.83. The van der Waals surface area contributed by atoms with Crippen molar-refractivity contribution >= 4 is 16.8 Å². The van der Waals surface area contributed by atoms with Gasteiger partial charge in [-0.15, -0.1) is 0 Å². The number of amides is 1. The summed E-state index contributed by atoms with van der Waals surface area (Å²) in [6, 6.07) is 4.53. The van der Waals surface area contributed by atoms with Crippen molar-refractivity contribution in [3.8, 4) is 0 Å². The van der Waals surface area contributed by atoms with Gasteiger partial charge in [0.15, 0.2) is 5.89 Å². The van der Waals surface area contributed by atoms with Crippen LogP contribution in [0.3, 0.4) is 0 Å². The van der Waals surface area contributed by atoms with E-state index in [0.717, 1.165) is 46.7 Å². The van der Waals surface area contributed by atoms with Gasteiger partial charge in [-0.25, -0.2) is 9.37 Å². The van der Waals surface area contributed by atoms with Gasteiger partial charge in [0, 0.05) is 30.3 Å². The molecule has 1 aliphatic rings. The molecular weight excluding hydrogens is 345 g/mol. The molecular formula is C21H24FN3O2. The average Bonchev–Trinajstić information content (AvgIpc) is 3.20. The van der Waals surface area contributed by atoms with Crippen LogP contribution in [-0.4, -0.2) is 27.3 Å². The fourth-order valence-corrected chi connectivity index (χ4v) is 3.62. The number of aromatic nitrogens is 2. The van der Waals surface area contributed by atoms with E-state index in [1.807, 2.05) is 6.92 Å². The zero-order chi connectivity index (χ0) is 19.1. The van der Waals surface area contributed by atoms with Crippen molar-refractivity contribution in [3.05, 3.63) is 52.6 Å². The van der Waals surface area contributed by atoms with Crippen LogP contribution in [0.1, 0.15) is 53.7 Å². The number of H-pyrrole nitrogens is 1. The summed E-state index contributed by atoms with van der Waals surface area (Å²) in [5, 5.41) is 0.744. The predicted octanol–water partition coefficient (Wildman–Crippen LogP) is 4.39. The molecule has 0 bridgehead atoms. The van der Waals surface area contributed by atoms with Gasteiger partial charge in [-0.3, -0.25) is 4.79 Å². The lowest BCUT2D eigenvalue weighted by atomic mass is 10.1. The Morgan fingerprint density at radius 2 is 2.22 bits per heavy atom. The first-order chi connectivity index (χ1) is 12.9. The van der Waals surface area contributed by atoms with Crippen LogP contribution in [0.25, 0.3) is 10.9 Å². The average molecular weight is 369 g/mol. The van der Waals surface area contributed by atoms with Gasteiger partial charge in [0.25, 0.3) is 5.91 Å². The number of hydrogen-bond acceptors (Lipinski definition) is 3. The van der Waals surface area contributed by atoms with Crippen LogP contribution >= 0.6 is 0 Å². The molecule has 0 fully saturated rings. The van der Waals surface area contributed by atoms with Crippen molar-refractivity contribution in [1.29, 1.82) is 0 Å². The third-order valence-electron chi connectivity index (χ3n) is 5.23. The number of fused-ring (bicyclic) bond motifs is 2. The number of rotatable bonds is 4. The topological polar surface area (TPSA) is 62.1 Å². The second-order valence-corrected chi connectivity index (χ2v) is 7.70. The Morgan fingerprint density at radius 1 is 1.41 bits per heavy atom. The number of carbonyl (C=O) groups excluding carboxylic acids is 1. The summed E-state index contributed by atoms with van der Waals surface area (Å²) in [5.41, 5.74) is 2.92. The molecule has 0 atom stereocenters. The van der Waals surface area contributed by atoms with E-state index >= 15 is 0 Å². The molecule has 0 saturated heterocycles. The molecule has 1 aromatic carbocycles. The Bertz CT molecular complexity index is 1000. The largest absolute Gasteiger partial charge is 0.445 e. The first-order valence-corrected chi connectivity index (χ1v) is 9.47. The van der Waals surface area contributed by atoms with Gasteiger partial charge >= 0.3 is 0 Å². The smallest absolute Gasteiger partial charge is 0.270 e. The Balaban J connectivity index is 1.55. The van der Waals surface area contributed by atoms with E-state index in [1.54, 1.807) is 11.0 Å². The molecule has 6 heteroatoms. The van der Waals surface area contributed by atoms with Crippen LogP contribution in [0.5, 0.6) is 0 Å². The molecule has 1 N–H and O–H groups in total. The van der Waals surface area contributed by atoms with Crippen LogP contribution < -0.4 is 0 Å². The first kappa shape index (κ1) is 17.8. The Labute approximate surface area is 157 Å². The summed E-state index contributed by atoms with van der Waals surface area (Å²) in [4.78, 5) is 22.6. The number of nitrogens with one attached hydrogen (secondary N) is 1. The normalized spacial score (nSPS) is 14.2. The van der Waals surface area contributed by atoms with E-state index in [0.29, 0.717) is 31.1 Å². The molecule has 2 aromatic heterocycles. The number of oxazole rings is 1. The van der Waals surface area contributed by atoms with Gasteiger partial charge in [0.2, 0.25) is 0 Å². The molecule has 5 nitrogen and oxygen atoms in total. The second-order valence-electron chi connectivity index (χ2n) is 7.70. The van der Waals surface area contributed by atoms with Crippen molar-refractivity contribution in [1.82, 2.24) is 14.9 Å². The molecule has 142 valence electrons. The van der Waals surface area contributed by atoms with Crippen molar-refractivity contribution in [3.63, 3.8) is 0 Å². The maximum Gasteiger partial charge on any atom is 0.270 e. The summed E-state index contributed by atoms with van der Waals surface area (Å²) < 4.78 is 19.4. The molecule has 0 unspecified atom stereocenters. The lowest BCUT2D eigenvalue weighted by Crippen LogP contribution is -2.36. The summed E-state index contributed by atoms with van der Waals surface area (Å²) in [5.74, 6) is 1.87. The molecule has 0 radical (unpaired) electrons. The maximum absolute atomic E-state index is 13.5. The van der Waals surface area contributed by atoms with Gasteiger partial charge in [-0.1, -0.05) is 13.8 Å². The minimum atomic E-state index is -0.303. The SMILES string of the molecule is Cc1c(C(=O)N2CCc3oc(CCC(C)C)nc3C2)[nH]c2ccc(F)cc12. The quantitative estimate of drug-likeness (QED) is 0.742. The summed E-state index contributed by atoms with van der Waals surface area (Å²) in [7, 11) is 0. The number of aryl methyl sites for hydroxylation is 2. The number of nitrogens with zero attached hydrogens (tertiary/aromatic N) is 2. The molecule has 3 aromatic rings. The summed E-state index contributed by atoms with van der Waals surface area (Å²) >= 11 is 0. The van der Waals surface area contributed by atoms with Crippen LogP contribution in [-0.2, 0) is 19.4 Å². The van der Waals surface area contributed by atoms with Gasteiger partial charge in [0.05, 0.1) is 6.54 Å². The maximum atomic E-state index is 13.5. The highest BCUT2D eigenvalue weighted by molar-refractivity contribution is 6.00. The standard InChI is InChI=1S/C21H24FN3O2/c1-12(2)4-7-19-23-17-11-25(9-8-18(17)27-19)21(26)20-13(3)15-10-14(22)5-6-16(15)24-20/h5-6,10,12,24H,4,7-9,11H2,1-3H3. The van der Waals surface area contributed by atoms with Crippen LogP contribution in [0.2, 0.25) is 0 Å². The van der Waals surface area contributed by atoms with Crippen molar-refractivity contribution in [2.45, 2.75) is 46.6 Å². The first-order valence-electron chi connectivity index (χ1n) is 9.47. The molecule has 27 heavy (non-hydrogen) atoms. The van der Waals surface area contributed by atoms with E-state index < -0.39 is 0 Å². The highest BCUT2D eigenvalue weighted by Crippen LogP contribution is 2.26. The predicted molar refractivity (Wildman–Crippen MR) is 101 cm³/mol. The van der Waals surface area contributed by atoms with Gasteiger partial charge in [-0.2, -0.15) is 0 Å². The van der Waals surface area contributed by atoms with Crippen LogP contribution in [0.15, 0.2) is 22.6 Å². The van der Waals surface area contributed by atoms with E-state index in [9.17, 15) is 9.18 Å². The lowest BCUT2D eigenvalue weighted by molar-refractivity contribution is 0.0722. The molecule has 1 aliphatic heterocycles. The zero-order valence-corrected chi connectivity index (χ0v) is 15.9. The van der Waals surface area contributed by atoms with Crippen molar-refractivity contribution in [2.75, 3.05) is 6.54 Å². The molecule has 1 amide bonds. The Hall–Kier alpha value is -2.63. The zero-order valence-electron chi connectivity index (χ0n) is 15.9. The number of halogens is 1. The van der Waals surface area contributed by atoms with Gasteiger partial charge in [0.1, 0.15) is 23.0 Å². The monoisotopic (exact) mass is 369 g/mol. The number of hydrogen-bond donors (Lipinski definition) is 1. The Morgan fingerprint density at radius 3 is 3.00 bits per heavy atom. The summed E-state index contributed by atoms with van der Waals surface area (Å²) in [6.07, 6.45) is 2.53. The molecule has 0 aliphatic carbocycles. The minimum absolute atomic E-state index is 0.0820. The van der Waals surface area contributed by atoms with Crippen LogP contribution in [0.4, 0.5) is 4.39 Å². The van der Waals surface area contributed by atoms with E-state index in [1.165, 1.54) is 12.1 Å². The fourth-order valence-electron chi connectivity index (χ4n) is 3.62. The van der Waals surface area contributed by atoms with E-state index in [2.05, 4.69) is 23.8 Å². The Kier molecular flexibility index (Phi) is 4.50. The van der Waals surface area contributed by atoms with Gasteiger partial charge in [-0.05, 0) is 43.0 Å². The van der Waals surface area contributed by atoms with E-state index in [-0.39, 0.29) is 11.7 Å². The van der Waals surface area contributed by atoms with Crippen LogP contribution in [0, 0.1) is 18.7 Å². The lowest BCUT2D eigenvalue weighted by Gasteiger charge is -2.25. The fraction of sp³-hybridized carbons (Fsp3) is 0.429. The van der Waals surface area contributed by atoms with Gasteiger partial charge < -0.3 is 14.3 Å². The molecule has 4 rings (SSSR count). The highest BCUT2D eigenvalue weighted by Gasteiger charge is 2.28. The van der Waals surface area contributed by atoms with E-state index in [4.69, 9.17) is 4.42 Å². The van der Waals surface area contributed by atoms with Crippen molar-refractivity contribution < 1.29 is 13.6 Å².